The fourth-order valence-corrected chi connectivity index (χ4v) is 2.39. The van der Waals surface area contributed by atoms with E-state index in [1.807, 2.05) is 6.07 Å². The Morgan fingerprint density at radius 1 is 1.58 bits per heavy atom. The van der Waals surface area contributed by atoms with Crippen LogP contribution in [0, 0.1) is 0 Å². The summed E-state index contributed by atoms with van der Waals surface area (Å²) in [6.45, 7) is 1.16. The first-order valence-electron chi connectivity index (χ1n) is 6.25. The van der Waals surface area contributed by atoms with Gasteiger partial charge in [-0.05, 0) is 31.3 Å². The van der Waals surface area contributed by atoms with Crippen molar-refractivity contribution in [3.63, 3.8) is 0 Å². The summed E-state index contributed by atoms with van der Waals surface area (Å²) in [7, 11) is 1.75. The van der Waals surface area contributed by atoms with Crippen LogP contribution >= 0.6 is 0 Å². The van der Waals surface area contributed by atoms with E-state index in [1.165, 1.54) is 0 Å². The van der Waals surface area contributed by atoms with Gasteiger partial charge in [-0.15, -0.1) is 6.20 Å². The standard InChI is InChI=1S/C13H15N4O2/c1-14-11-12-9(3-7-19-12)2-6-17(13(11)18)10-8-15-4-5-16-10/h3,5,7-8,11,14H,2,4,6H2,1H3/q-1. The summed E-state index contributed by atoms with van der Waals surface area (Å²) in [5.41, 5.74) is 1.06. The molecule has 1 atom stereocenters. The molecule has 0 aromatic carbocycles. The average Bonchev–Trinajstić information content (AvgIpc) is 2.85. The molecule has 6 heteroatoms. The van der Waals surface area contributed by atoms with Gasteiger partial charge in [-0.25, -0.2) is 4.99 Å². The quantitative estimate of drug-likeness (QED) is 0.867. The topological polar surface area (TPSA) is 71.9 Å². The van der Waals surface area contributed by atoms with Crippen LogP contribution in [0.2, 0.25) is 0 Å². The second-order valence-corrected chi connectivity index (χ2v) is 4.44. The average molecular weight is 259 g/mol. The van der Waals surface area contributed by atoms with Gasteiger partial charge in [0.1, 0.15) is 17.6 Å². The fraction of sp³-hybridized carbons (Fsp3) is 0.385. The third-order valence-corrected chi connectivity index (χ3v) is 3.34. The van der Waals surface area contributed by atoms with E-state index in [0.29, 0.717) is 24.7 Å². The fourth-order valence-electron chi connectivity index (χ4n) is 2.39. The van der Waals surface area contributed by atoms with Crippen LogP contribution in [-0.4, -0.2) is 37.2 Å². The van der Waals surface area contributed by atoms with E-state index in [4.69, 9.17) is 4.42 Å². The number of amides is 1. The first-order chi connectivity index (χ1) is 9.31. The Bertz CT molecular complexity index is 547. The molecule has 6 nitrogen and oxygen atoms in total. The number of nitrogens with zero attached hydrogens (tertiary/aromatic N) is 3. The summed E-state index contributed by atoms with van der Waals surface area (Å²) < 4.78 is 5.45. The van der Waals surface area contributed by atoms with Crippen LogP contribution < -0.4 is 5.32 Å². The lowest BCUT2D eigenvalue weighted by atomic mass is 10.1. The Labute approximate surface area is 111 Å². The highest BCUT2D eigenvalue weighted by Crippen LogP contribution is 2.28. The van der Waals surface area contributed by atoms with Crippen LogP contribution in [0.25, 0.3) is 5.32 Å². The van der Waals surface area contributed by atoms with Gasteiger partial charge in [-0.1, -0.05) is 6.54 Å². The monoisotopic (exact) mass is 259 g/mol. The van der Waals surface area contributed by atoms with Gasteiger partial charge in [0.2, 0.25) is 0 Å². The van der Waals surface area contributed by atoms with Crippen molar-refractivity contribution in [2.24, 2.45) is 4.99 Å². The van der Waals surface area contributed by atoms with Crippen LogP contribution in [0.15, 0.2) is 33.8 Å². The highest BCUT2D eigenvalue weighted by Gasteiger charge is 2.33. The second kappa shape index (κ2) is 4.89. The molecule has 0 radical (unpaired) electrons. The number of aliphatic imine (C=N–C) groups is 1. The summed E-state index contributed by atoms with van der Waals surface area (Å²) in [5, 5.41) is 7.15. The number of carbonyl (C=O) groups excluding carboxylic acids is 1. The van der Waals surface area contributed by atoms with E-state index in [9.17, 15) is 4.79 Å². The first-order valence-corrected chi connectivity index (χ1v) is 6.25. The maximum atomic E-state index is 12.6. The summed E-state index contributed by atoms with van der Waals surface area (Å²) in [5.74, 6) is 1.24. The molecule has 2 aliphatic heterocycles. The van der Waals surface area contributed by atoms with E-state index >= 15 is 0 Å². The molecule has 100 valence electrons. The smallest absolute Gasteiger partial charge is 0.253 e. The maximum absolute atomic E-state index is 12.6. The third kappa shape index (κ3) is 2.04. The van der Waals surface area contributed by atoms with Gasteiger partial charge in [0.25, 0.3) is 5.91 Å². The van der Waals surface area contributed by atoms with Gasteiger partial charge in [-0.3, -0.25) is 9.69 Å². The molecule has 0 saturated carbocycles. The van der Waals surface area contributed by atoms with Crippen molar-refractivity contribution in [3.05, 3.63) is 41.0 Å². The molecule has 0 saturated heterocycles. The SMILES string of the molecule is CNC1C(=O)N(C2=C[N-]CC=N2)CCc2ccoc21. The molecule has 0 bridgehead atoms. The zero-order valence-corrected chi connectivity index (χ0v) is 10.7. The minimum Gasteiger partial charge on any atom is -0.683 e. The van der Waals surface area contributed by atoms with Gasteiger partial charge in [0.05, 0.1) is 6.26 Å². The van der Waals surface area contributed by atoms with Gasteiger partial charge < -0.3 is 15.1 Å². The zero-order chi connectivity index (χ0) is 13.2. The molecular formula is C13H15N4O2-. The molecule has 3 heterocycles. The third-order valence-electron chi connectivity index (χ3n) is 3.34. The minimum absolute atomic E-state index is 0.0586. The van der Waals surface area contributed by atoms with E-state index in [2.05, 4.69) is 15.6 Å². The van der Waals surface area contributed by atoms with E-state index in [0.717, 1.165) is 12.0 Å². The Balaban J connectivity index is 1.94. The molecule has 1 amide bonds. The molecule has 1 N–H and O–H groups in total. The lowest BCUT2D eigenvalue weighted by molar-refractivity contribution is -0.131. The summed E-state index contributed by atoms with van der Waals surface area (Å²) >= 11 is 0. The van der Waals surface area contributed by atoms with Crippen molar-refractivity contribution in [1.29, 1.82) is 0 Å². The predicted octanol–water partition coefficient (Wildman–Crippen LogP) is 1.18. The van der Waals surface area contributed by atoms with E-state index in [-0.39, 0.29) is 5.91 Å². The Hall–Kier alpha value is -2.08. The molecule has 19 heavy (non-hydrogen) atoms. The number of hydrogen-bond acceptors (Lipinski definition) is 4. The van der Waals surface area contributed by atoms with Gasteiger partial charge in [-0.2, -0.15) is 0 Å². The van der Waals surface area contributed by atoms with Crippen molar-refractivity contribution in [1.82, 2.24) is 10.2 Å². The maximum Gasteiger partial charge on any atom is 0.253 e. The van der Waals surface area contributed by atoms with Crippen LogP contribution in [0.4, 0.5) is 0 Å². The highest BCUT2D eigenvalue weighted by atomic mass is 16.3. The number of fused-ring (bicyclic) bond motifs is 1. The van der Waals surface area contributed by atoms with Crippen molar-refractivity contribution < 1.29 is 9.21 Å². The number of furan rings is 1. The van der Waals surface area contributed by atoms with Crippen LogP contribution in [0.1, 0.15) is 17.4 Å². The number of hydrogen-bond donors (Lipinski definition) is 1. The van der Waals surface area contributed by atoms with Crippen LogP contribution in [0.3, 0.4) is 0 Å². The first kappa shape index (κ1) is 12.0. The molecule has 1 aromatic rings. The molecule has 1 unspecified atom stereocenters. The van der Waals surface area contributed by atoms with E-state index in [1.54, 1.807) is 30.6 Å². The number of likely N-dealkylation sites (N-methyl/N-ethyl adjacent to an activating group) is 1. The molecule has 1 aromatic heterocycles. The normalized spacial score (nSPS) is 22.6. The number of nitrogens with one attached hydrogen (secondary N) is 1. The zero-order valence-electron chi connectivity index (χ0n) is 10.7. The number of carbonyl (C=O) groups is 1. The van der Waals surface area contributed by atoms with Gasteiger partial charge in [0.15, 0.2) is 0 Å². The largest absolute Gasteiger partial charge is 0.683 e. The summed E-state index contributed by atoms with van der Waals surface area (Å²) in [6, 6.07) is 1.45. The molecule has 0 fully saturated rings. The van der Waals surface area contributed by atoms with Gasteiger partial charge in [0, 0.05) is 6.54 Å². The highest BCUT2D eigenvalue weighted by molar-refractivity contribution is 5.85. The second-order valence-electron chi connectivity index (χ2n) is 4.44. The van der Waals surface area contributed by atoms with Crippen molar-refractivity contribution in [2.45, 2.75) is 12.5 Å². The van der Waals surface area contributed by atoms with E-state index < -0.39 is 6.04 Å². The molecular weight excluding hydrogens is 244 g/mol. The van der Waals surface area contributed by atoms with Gasteiger partial charge >= 0.3 is 0 Å². The van der Waals surface area contributed by atoms with Crippen molar-refractivity contribution in [3.8, 4) is 0 Å². The lowest BCUT2D eigenvalue weighted by Gasteiger charge is -2.28. The lowest BCUT2D eigenvalue weighted by Crippen LogP contribution is -2.38. The number of rotatable bonds is 2. The Kier molecular flexibility index (Phi) is 3.08. The summed E-state index contributed by atoms with van der Waals surface area (Å²) in [4.78, 5) is 18.5. The Morgan fingerprint density at radius 3 is 3.21 bits per heavy atom. The van der Waals surface area contributed by atoms with Crippen molar-refractivity contribution in [2.75, 3.05) is 20.1 Å². The predicted molar refractivity (Wildman–Crippen MR) is 70.7 cm³/mol. The molecule has 2 aliphatic rings. The molecule has 3 rings (SSSR count). The van der Waals surface area contributed by atoms with Crippen molar-refractivity contribution >= 4 is 12.1 Å². The minimum atomic E-state index is -0.467. The van der Waals surface area contributed by atoms with Crippen LogP contribution in [-0.2, 0) is 11.2 Å². The molecule has 0 spiro atoms. The van der Waals surface area contributed by atoms with Crippen LogP contribution in [0.5, 0.6) is 0 Å². The summed E-state index contributed by atoms with van der Waals surface area (Å²) in [6.07, 6.45) is 5.74. The Morgan fingerprint density at radius 2 is 2.47 bits per heavy atom. The molecule has 0 aliphatic carbocycles.